The Balaban J connectivity index is 2.65. The number of hydrogen-bond donors (Lipinski definition) is 2. The Labute approximate surface area is 161 Å². The van der Waals surface area contributed by atoms with Crippen molar-refractivity contribution < 1.29 is 24.6 Å². The molecule has 2 N–H and O–H groups in total. The standard InChI is InChI=1S/C21H31NO5/c1-3-4-7-10-16(23)13-14-18-17(19(22-26)15-20(18)24)11-8-5-6-9-12-21(25)27-2/h6,8,13-14,17-18,20,24,26H,3-4,7,9-12,15H2,1-2H3/t5?,17-,18-,20-/m1/s1. The van der Waals surface area contributed by atoms with Gasteiger partial charge in [0, 0.05) is 31.1 Å². The predicted molar refractivity (Wildman–Crippen MR) is 104 cm³/mol. The Kier molecular flexibility index (Phi) is 11.1. The fourth-order valence-corrected chi connectivity index (χ4v) is 3.17. The van der Waals surface area contributed by atoms with Gasteiger partial charge in [0.25, 0.3) is 0 Å². The van der Waals surface area contributed by atoms with Crippen LogP contribution >= 0.6 is 0 Å². The van der Waals surface area contributed by atoms with Crippen LogP contribution in [0.15, 0.2) is 35.2 Å². The maximum absolute atomic E-state index is 11.9. The molecule has 150 valence electrons. The Morgan fingerprint density at radius 3 is 2.74 bits per heavy atom. The smallest absolute Gasteiger partial charge is 0.305 e. The first kappa shape index (κ1) is 22.9. The van der Waals surface area contributed by atoms with E-state index in [1.807, 2.05) is 0 Å². The van der Waals surface area contributed by atoms with Crippen molar-refractivity contribution in [2.75, 3.05) is 7.11 Å². The summed E-state index contributed by atoms with van der Waals surface area (Å²) in [5, 5.41) is 22.8. The maximum atomic E-state index is 11.9. The van der Waals surface area contributed by atoms with Crippen LogP contribution in [0.4, 0.5) is 0 Å². The monoisotopic (exact) mass is 377 g/mol. The van der Waals surface area contributed by atoms with Crippen LogP contribution in [-0.2, 0) is 14.3 Å². The number of aliphatic hydroxyl groups excluding tert-OH is 1. The van der Waals surface area contributed by atoms with E-state index in [4.69, 9.17) is 0 Å². The van der Waals surface area contributed by atoms with Gasteiger partial charge in [-0.3, -0.25) is 9.59 Å². The van der Waals surface area contributed by atoms with Crippen LogP contribution < -0.4 is 0 Å². The van der Waals surface area contributed by atoms with Gasteiger partial charge >= 0.3 is 5.97 Å². The van der Waals surface area contributed by atoms with Crippen LogP contribution in [-0.4, -0.2) is 41.0 Å². The minimum atomic E-state index is -0.669. The van der Waals surface area contributed by atoms with E-state index in [1.165, 1.54) is 7.11 Å². The normalized spacial score (nSPS) is 23.4. The molecule has 0 bridgehead atoms. The van der Waals surface area contributed by atoms with E-state index in [-0.39, 0.29) is 23.6 Å². The third-order valence-corrected chi connectivity index (χ3v) is 4.74. The third kappa shape index (κ3) is 8.37. The highest BCUT2D eigenvalue weighted by molar-refractivity contribution is 5.91. The fraction of sp³-hybridized carbons (Fsp3) is 0.619. The number of hydrogen-bond acceptors (Lipinski definition) is 6. The van der Waals surface area contributed by atoms with E-state index in [2.05, 4.69) is 22.5 Å². The molecule has 0 spiro atoms. The van der Waals surface area contributed by atoms with E-state index in [1.54, 1.807) is 24.3 Å². The summed E-state index contributed by atoms with van der Waals surface area (Å²) in [7, 11) is 1.35. The molecule has 0 aromatic carbocycles. The van der Waals surface area contributed by atoms with Crippen LogP contribution in [0.3, 0.4) is 0 Å². The summed E-state index contributed by atoms with van der Waals surface area (Å²) in [6, 6.07) is 0. The van der Waals surface area contributed by atoms with Crippen molar-refractivity contribution in [2.45, 2.75) is 64.4 Å². The summed E-state index contributed by atoms with van der Waals surface area (Å²) in [6.45, 7) is 2.09. The number of rotatable bonds is 11. The largest absolute Gasteiger partial charge is 0.469 e. The van der Waals surface area contributed by atoms with Crippen LogP contribution in [0.2, 0.25) is 0 Å². The number of carbonyl (C=O) groups excluding carboxylic acids is 2. The van der Waals surface area contributed by atoms with Crippen LogP contribution in [0.5, 0.6) is 0 Å². The number of ketones is 1. The van der Waals surface area contributed by atoms with Gasteiger partial charge in [-0.05, 0) is 37.5 Å². The van der Waals surface area contributed by atoms with E-state index >= 15 is 0 Å². The molecule has 0 saturated heterocycles. The van der Waals surface area contributed by atoms with Gasteiger partial charge in [0.05, 0.1) is 18.9 Å². The number of nitrogens with zero attached hydrogens (tertiary/aromatic N) is 1. The molecule has 0 amide bonds. The second-order valence-corrected chi connectivity index (χ2v) is 6.75. The molecule has 0 unspecified atom stereocenters. The third-order valence-electron chi connectivity index (χ3n) is 4.74. The molecule has 1 fully saturated rings. The molecule has 27 heavy (non-hydrogen) atoms. The van der Waals surface area contributed by atoms with Gasteiger partial charge in [-0.15, -0.1) is 5.73 Å². The highest BCUT2D eigenvalue weighted by atomic mass is 16.5. The van der Waals surface area contributed by atoms with E-state index in [0.717, 1.165) is 19.3 Å². The van der Waals surface area contributed by atoms with E-state index in [9.17, 15) is 19.9 Å². The molecule has 1 aliphatic rings. The SMILES string of the molecule is CCCCCC(=O)C=C[C@H]1[C@H](O)CC(=NO)[C@@H]1CC=C=CCCC(=O)OC. The zero-order valence-electron chi connectivity index (χ0n) is 16.3. The summed E-state index contributed by atoms with van der Waals surface area (Å²) >= 11 is 0. The molecule has 6 nitrogen and oxygen atoms in total. The molecule has 0 heterocycles. The minimum Gasteiger partial charge on any atom is -0.469 e. The van der Waals surface area contributed by atoms with Crippen LogP contribution in [0.1, 0.15) is 58.3 Å². The molecule has 1 rings (SSSR count). The number of aliphatic hydroxyl groups is 1. The van der Waals surface area contributed by atoms with Gasteiger partial charge in [-0.1, -0.05) is 31.0 Å². The summed E-state index contributed by atoms with van der Waals surface area (Å²) < 4.78 is 4.57. The van der Waals surface area contributed by atoms with Gasteiger partial charge < -0.3 is 15.1 Å². The van der Waals surface area contributed by atoms with Crippen molar-refractivity contribution in [1.29, 1.82) is 0 Å². The Morgan fingerprint density at radius 1 is 1.30 bits per heavy atom. The lowest BCUT2D eigenvalue weighted by atomic mass is 9.90. The first-order valence-corrected chi connectivity index (χ1v) is 9.59. The Bertz CT molecular complexity index is 602. The van der Waals surface area contributed by atoms with Crippen molar-refractivity contribution in [2.24, 2.45) is 17.0 Å². The molecular formula is C21H31NO5. The van der Waals surface area contributed by atoms with Crippen LogP contribution in [0, 0.1) is 11.8 Å². The number of unbranched alkanes of at least 4 members (excludes halogenated alkanes) is 2. The summed E-state index contributed by atoms with van der Waals surface area (Å²) in [4.78, 5) is 23.0. The number of oxime groups is 1. The van der Waals surface area contributed by atoms with E-state index < -0.39 is 6.10 Å². The molecular weight excluding hydrogens is 346 g/mol. The minimum absolute atomic E-state index is 0.0574. The molecule has 1 saturated carbocycles. The lowest BCUT2D eigenvalue weighted by Crippen LogP contribution is -2.18. The lowest BCUT2D eigenvalue weighted by Gasteiger charge is -2.16. The number of allylic oxidation sites excluding steroid dienone is 2. The van der Waals surface area contributed by atoms with Crippen molar-refractivity contribution in [3.8, 4) is 0 Å². The number of esters is 1. The number of methoxy groups -OCH3 is 1. The summed E-state index contributed by atoms with van der Waals surface area (Å²) in [5.41, 5.74) is 3.53. The topological polar surface area (TPSA) is 96.2 Å². The molecule has 6 heteroatoms. The highest BCUT2D eigenvalue weighted by Crippen LogP contribution is 2.34. The molecule has 0 radical (unpaired) electrons. The first-order valence-electron chi connectivity index (χ1n) is 9.59. The number of ether oxygens (including phenoxy) is 1. The average Bonchev–Trinajstić information content (AvgIpc) is 2.97. The second-order valence-electron chi connectivity index (χ2n) is 6.75. The van der Waals surface area contributed by atoms with Crippen LogP contribution in [0.25, 0.3) is 0 Å². The van der Waals surface area contributed by atoms with Gasteiger partial charge in [0.15, 0.2) is 5.78 Å². The number of carbonyl (C=O) groups is 2. The zero-order valence-corrected chi connectivity index (χ0v) is 16.3. The molecule has 0 aliphatic heterocycles. The zero-order chi connectivity index (χ0) is 20.1. The van der Waals surface area contributed by atoms with Gasteiger partial charge in [0.2, 0.25) is 0 Å². The fourth-order valence-electron chi connectivity index (χ4n) is 3.17. The van der Waals surface area contributed by atoms with Crippen molar-refractivity contribution >= 4 is 17.5 Å². The van der Waals surface area contributed by atoms with E-state index in [0.29, 0.717) is 37.8 Å². The summed E-state index contributed by atoms with van der Waals surface area (Å²) in [5.74, 6) is -0.650. The van der Waals surface area contributed by atoms with Crippen molar-refractivity contribution in [3.05, 3.63) is 30.0 Å². The predicted octanol–water partition coefficient (Wildman–Crippen LogP) is 3.57. The average molecular weight is 377 g/mol. The molecule has 0 aromatic heterocycles. The lowest BCUT2D eigenvalue weighted by molar-refractivity contribution is -0.140. The molecule has 1 aliphatic carbocycles. The highest BCUT2D eigenvalue weighted by Gasteiger charge is 2.38. The maximum Gasteiger partial charge on any atom is 0.305 e. The van der Waals surface area contributed by atoms with Crippen molar-refractivity contribution in [1.82, 2.24) is 0 Å². The molecule has 0 aromatic rings. The van der Waals surface area contributed by atoms with Crippen molar-refractivity contribution in [3.63, 3.8) is 0 Å². The van der Waals surface area contributed by atoms with Gasteiger partial charge in [-0.2, -0.15) is 0 Å². The second kappa shape index (κ2) is 13.1. The quantitative estimate of drug-likeness (QED) is 0.143. The molecule has 3 atom stereocenters. The summed E-state index contributed by atoms with van der Waals surface area (Å²) in [6.07, 6.45) is 11.3. The van der Waals surface area contributed by atoms with Gasteiger partial charge in [-0.25, -0.2) is 0 Å². The first-order chi connectivity index (χ1) is 13.0. The Hall–Kier alpha value is -2.17. The van der Waals surface area contributed by atoms with Gasteiger partial charge in [0.1, 0.15) is 0 Å². The Morgan fingerprint density at radius 2 is 2.07 bits per heavy atom.